The number of aromatic nitrogens is 2. The summed E-state index contributed by atoms with van der Waals surface area (Å²) in [5.41, 5.74) is 2.76. The zero-order valence-corrected chi connectivity index (χ0v) is 18.8. The summed E-state index contributed by atoms with van der Waals surface area (Å²) in [4.78, 5) is 43.9. The minimum Gasteiger partial charge on any atom is -0.447 e. The highest BCUT2D eigenvalue weighted by atomic mass is 16.5. The minimum atomic E-state index is -0.560. The Kier molecular flexibility index (Phi) is 7.16. The fourth-order valence-electron chi connectivity index (χ4n) is 3.82. The molecule has 1 atom stereocenters. The van der Waals surface area contributed by atoms with Crippen LogP contribution in [0.25, 0.3) is 21.9 Å². The van der Waals surface area contributed by atoms with Crippen molar-refractivity contribution in [3.63, 3.8) is 0 Å². The molecule has 0 spiro atoms. The van der Waals surface area contributed by atoms with Gasteiger partial charge in [0.25, 0.3) is 0 Å². The van der Waals surface area contributed by atoms with Crippen LogP contribution in [0, 0.1) is 0 Å². The van der Waals surface area contributed by atoms with Gasteiger partial charge >= 0.3 is 12.1 Å². The third-order valence-electron chi connectivity index (χ3n) is 5.49. The van der Waals surface area contributed by atoms with Crippen LogP contribution >= 0.6 is 0 Å². The third kappa shape index (κ3) is 5.58. The molecule has 4 amide bonds. The van der Waals surface area contributed by atoms with Crippen LogP contribution in [-0.4, -0.2) is 47.2 Å². The number of nitrogens with one attached hydrogen (secondary N) is 4. The second kappa shape index (κ2) is 10.6. The maximum atomic E-state index is 12.2. The average molecular weight is 463 g/mol. The molecule has 2 aromatic heterocycles. The minimum absolute atomic E-state index is 0.0247. The Bertz CT molecular complexity index is 1200. The highest BCUT2D eigenvalue weighted by Gasteiger charge is 2.22. The lowest BCUT2D eigenvalue weighted by atomic mass is 9.96. The molecule has 0 radical (unpaired) electrons. The largest absolute Gasteiger partial charge is 0.447 e. The highest BCUT2D eigenvalue weighted by Crippen LogP contribution is 2.31. The van der Waals surface area contributed by atoms with Gasteiger partial charge in [-0.1, -0.05) is 12.1 Å². The number of hydrogen-bond acceptors (Lipinski definition) is 6. The Morgan fingerprint density at radius 1 is 1.15 bits per heavy atom. The molecule has 3 heterocycles. The van der Waals surface area contributed by atoms with Crippen LogP contribution in [0.1, 0.15) is 25.3 Å². The quantitative estimate of drug-likeness (QED) is 0.427. The summed E-state index contributed by atoms with van der Waals surface area (Å²) < 4.78 is 5.25. The van der Waals surface area contributed by atoms with Crippen molar-refractivity contribution in [2.24, 2.45) is 0 Å². The molecule has 1 unspecified atom stereocenters. The van der Waals surface area contributed by atoms with Gasteiger partial charge in [0.2, 0.25) is 5.91 Å². The maximum absolute atomic E-state index is 12.2. The average Bonchev–Trinajstić information content (AvgIpc) is 3.26. The van der Waals surface area contributed by atoms with Crippen molar-refractivity contribution in [2.45, 2.75) is 32.4 Å². The Hall–Kier alpha value is -4.21. The number of amides is 4. The van der Waals surface area contributed by atoms with Crippen molar-refractivity contribution < 1.29 is 19.1 Å². The molecule has 34 heavy (non-hydrogen) atoms. The van der Waals surface area contributed by atoms with E-state index >= 15 is 0 Å². The fourth-order valence-corrected chi connectivity index (χ4v) is 3.82. The number of carbonyl (C=O) groups excluding carboxylic acids is 3. The fraction of sp³-hybridized carbons (Fsp3) is 0.292. The van der Waals surface area contributed by atoms with E-state index in [1.807, 2.05) is 37.3 Å². The van der Waals surface area contributed by atoms with Gasteiger partial charge in [0.05, 0.1) is 6.04 Å². The zero-order chi connectivity index (χ0) is 23.9. The van der Waals surface area contributed by atoms with Crippen molar-refractivity contribution in [2.75, 3.05) is 18.5 Å². The molecule has 4 rings (SSSR count). The van der Waals surface area contributed by atoms with Gasteiger partial charge in [0.15, 0.2) is 0 Å². The topological polar surface area (TPSA) is 134 Å². The zero-order valence-electron chi connectivity index (χ0n) is 18.8. The summed E-state index contributed by atoms with van der Waals surface area (Å²) in [7, 11) is 0. The van der Waals surface area contributed by atoms with Gasteiger partial charge < -0.3 is 20.7 Å². The van der Waals surface area contributed by atoms with Crippen LogP contribution in [0.5, 0.6) is 0 Å². The lowest BCUT2D eigenvalue weighted by Crippen LogP contribution is -2.33. The van der Waals surface area contributed by atoms with Crippen LogP contribution in [0.4, 0.5) is 15.4 Å². The maximum Gasteiger partial charge on any atom is 0.407 e. The Morgan fingerprint density at radius 2 is 1.97 bits per heavy atom. The molecule has 1 fully saturated rings. The first-order valence-electron chi connectivity index (χ1n) is 11.1. The van der Waals surface area contributed by atoms with Gasteiger partial charge in [-0.15, -0.1) is 0 Å². The number of hydrogen-bond donors (Lipinski definition) is 4. The van der Waals surface area contributed by atoms with Crippen LogP contribution in [-0.2, 0) is 16.1 Å². The van der Waals surface area contributed by atoms with E-state index in [0.29, 0.717) is 25.2 Å². The van der Waals surface area contributed by atoms with Gasteiger partial charge in [0, 0.05) is 43.5 Å². The summed E-state index contributed by atoms with van der Waals surface area (Å²) in [6.07, 6.45) is 5.66. The lowest BCUT2D eigenvalue weighted by Gasteiger charge is -2.15. The number of rotatable bonds is 7. The Balaban J connectivity index is 1.54. The molecule has 176 valence electrons. The van der Waals surface area contributed by atoms with E-state index < -0.39 is 6.09 Å². The van der Waals surface area contributed by atoms with Crippen LogP contribution in [0.3, 0.4) is 0 Å². The number of pyridine rings is 2. The number of anilines is 1. The van der Waals surface area contributed by atoms with Crippen molar-refractivity contribution in [3.8, 4) is 11.1 Å². The van der Waals surface area contributed by atoms with Gasteiger partial charge in [-0.05, 0) is 53.6 Å². The number of ether oxygens (including phenoxy) is 1. The van der Waals surface area contributed by atoms with E-state index in [-0.39, 0.29) is 31.1 Å². The van der Waals surface area contributed by atoms with E-state index in [9.17, 15) is 14.4 Å². The molecular formula is C24H26N6O4. The molecule has 3 aromatic rings. The normalized spacial score (nSPS) is 15.0. The second-order valence-electron chi connectivity index (χ2n) is 7.86. The summed E-state index contributed by atoms with van der Waals surface area (Å²) in [6.45, 7) is 2.70. The molecule has 1 aromatic carbocycles. The van der Waals surface area contributed by atoms with Crippen molar-refractivity contribution in [1.82, 2.24) is 25.9 Å². The predicted molar refractivity (Wildman–Crippen MR) is 127 cm³/mol. The highest BCUT2D eigenvalue weighted by molar-refractivity contribution is 6.00. The molecule has 10 nitrogen and oxygen atoms in total. The number of fused-ring (bicyclic) bond motifs is 1. The van der Waals surface area contributed by atoms with Crippen molar-refractivity contribution >= 4 is 34.6 Å². The number of urea groups is 1. The Morgan fingerprint density at radius 3 is 2.71 bits per heavy atom. The summed E-state index contributed by atoms with van der Waals surface area (Å²) in [6, 6.07) is 9.03. The van der Waals surface area contributed by atoms with Gasteiger partial charge in [-0.25, -0.2) is 14.6 Å². The first kappa shape index (κ1) is 23.0. The van der Waals surface area contributed by atoms with Crippen LogP contribution in [0.15, 0.2) is 48.9 Å². The molecule has 1 aliphatic rings. The van der Waals surface area contributed by atoms with Crippen LogP contribution < -0.4 is 21.3 Å². The third-order valence-corrected chi connectivity index (χ3v) is 5.49. The smallest absolute Gasteiger partial charge is 0.407 e. The molecular weight excluding hydrogens is 436 g/mol. The predicted octanol–water partition coefficient (Wildman–Crippen LogP) is 2.94. The van der Waals surface area contributed by atoms with Crippen LogP contribution in [0.2, 0.25) is 0 Å². The number of alkyl carbamates (subject to hydrolysis) is 1. The molecule has 0 saturated carbocycles. The first-order valence-corrected chi connectivity index (χ1v) is 11.1. The molecule has 10 heteroatoms. The van der Waals surface area contributed by atoms with E-state index in [2.05, 4.69) is 31.2 Å². The first-order chi connectivity index (χ1) is 16.5. The summed E-state index contributed by atoms with van der Waals surface area (Å²) in [5.74, 6) is 0.389. The monoisotopic (exact) mass is 462 g/mol. The van der Waals surface area contributed by atoms with Crippen molar-refractivity contribution in [1.29, 1.82) is 0 Å². The van der Waals surface area contributed by atoms with E-state index in [0.717, 1.165) is 27.5 Å². The molecule has 0 aliphatic carbocycles. The number of benzene rings is 1. The van der Waals surface area contributed by atoms with Gasteiger partial charge in [-0.2, -0.15) is 0 Å². The van der Waals surface area contributed by atoms with Gasteiger partial charge in [0.1, 0.15) is 12.4 Å². The molecule has 1 aliphatic heterocycles. The van der Waals surface area contributed by atoms with Gasteiger partial charge in [-0.3, -0.25) is 15.1 Å². The number of nitrogens with zero attached hydrogens (tertiary/aromatic N) is 2. The van der Waals surface area contributed by atoms with E-state index in [1.165, 1.54) is 0 Å². The molecule has 4 N–H and O–H groups in total. The summed E-state index contributed by atoms with van der Waals surface area (Å²) >= 11 is 0. The molecule has 0 bridgehead atoms. The SMILES string of the molecule is CCNC(=O)Nc1cc2c(-c3ccncc3)ccc(CNC(=O)OCC3CCC(=O)N3)c2cn1. The standard InChI is InChI=1S/C24H26N6O4/c1-2-26-23(32)30-21-11-19-18(15-7-9-25-10-8-15)5-3-16(20(19)13-27-21)12-28-24(33)34-14-17-4-6-22(31)29-17/h3,5,7-11,13,17H,2,4,6,12,14H2,1H3,(H,28,33)(H,29,31)(H2,26,27,30,32). The summed E-state index contributed by atoms with van der Waals surface area (Å²) in [5, 5.41) is 12.6. The Labute approximate surface area is 196 Å². The number of carbonyl (C=O) groups is 3. The lowest BCUT2D eigenvalue weighted by molar-refractivity contribution is -0.119. The van der Waals surface area contributed by atoms with Crippen molar-refractivity contribution in [3.05, 3.63) is 54.5 Å². The van der Waals surface area contributed by atoms with E-state index in [1.54, 1.807) is 18.6 Å². The second-order valence-corrected chi connectivity index (χ2v) is 7.86. The molecule has 1 saturated heterocycles. The van der Waals surface area contributed by atoms with E-state index in [4.69, 9.17) is 4.74 Å².